The summed E-state index contributed by atoms with van der Waals surface area (Å²) in [5.41, 5.74) is 1.83. The van der Waals surface area contributed by atoms with Gasteiger partial charge in [-0.3, -0.25) is 0 Å². The molecule has 2 heterocycles. The summed E-state index contributed by atoms with van der Waals surface area (Å²) in [5.74, 6) is 0.170. The lowest BCUT2D eigenvalue weighted by atomic mass is 9.81. The van der Waals surface area contributed by atoms with Crippen LogP contribution in [0.5, 0.6) is 11.5 Å². The summed E-state index contributed by atoms with van der Waals surface area (Å²) in [4.78, 5) is 12.2. The number of hydrogen-bond acceptors (Lipinski definition) is 6. The van der Waals surface area contributed by atoms with Crippen molar-refractivity contribution in [3.8, 4) is 11.5 Å². The second kappa shape index (κ2) is 7.39. The van der Waals surface area contributed by atoms with E-state index in [1.807, 2.05) is 20.8 Å². The van der Waals surface area contributed by atoms with E-state index >= 15 is 0 Å². The Bertz CT molecular complexity index is 786. The van der Waals surface area contributed by atoms with Gasteiger partial charge in [-0.1, -0.05) is 11.6 Å². The molecule has 2 fully saturated rings. The van der Waals surface area contributed by atoms with Crippen LogP contribution in [0.3, 0.4) is 0 Å². The molecule has 7 heteroatoms. The van der Waals surface area contributed by atoms with Crippen molar-refractivity contribution in [1.82, 2.24) is 5.32 Å². The van der Waals surface area contributed by atoms with Gasteiger partial charge in [-0.15, -0.1) is 0 Å². The maximum absolute atomic E-state index is 12.2. The van der Waals surface area contributed by atoms with Crippen molar-refractivity contribution in [2.45, 2.75) is 64.3 Å². The monoisotopic (exact) mass is 409 g/mol. The molecule has 1 atom stereocenters. The summed E-state index contributed by atoms with van der Waals surface area (Å²) >= 11 is 6.55. The average molecular weight is 410 g/mol. The fourth-order valence-electron chi connectivity index (χ4n) is 4.61. The zero-order valence-electron chi connectivity index (χ0n) is 16.9. The van der Waals surface area contributed by atoms with Gasteiger partial charge in [0.15, 0.2) is 11.5 Å². The highest BCUT2D eigenvalue weighted by Crippen LogP contribution is 2.53. The average Bonchev–Trinajstić information content (AvgIpc) is 3.03. The lowest BCUT2D eigenvalue weighted by molar-refractivity contribution is -0.122. The van der Waals surface area contributed by atoms with Crippen LogP contribution in [0.2, 0.25) is 5.02 Å². The third-order valence-corrected chi connectivity index (χ3v) is 6.86. The molecule has 1 saturated heterocycles. The third-order valence-electron chi connectivity index (χ3n) is 6.40. The van der Waals surface area contributed by atoms with Gasteiger partial charge >= 0.3 is 5.97 Å². The summed E-state index contributed by atoms with van der Waals surface area (Å²) in [6.07, 6.45) is 4.18. The molecule has 28 heavy (non-hydrogen) atoms. The number of fused-ring (bicyclic) bond motifs is 1. The highest BCUT2D eigenvalue weighted by atomic mass is 35.5. The van der Waals surface area contributed by atoms with Crippen LogP contribution >= 0.6 is 11.6 Å². The lowest BCUT2D eigenvalue weighted by Gasteiger charge is -2.39. The largest absolute Gasteiger partial charge is 0.465 e. The summed E-state index contributed by atoms with van der Waals surface area (Å²) in [7, 11) is 1.37. The van der Waals surface area contributed by atoms with Gasteiger partial charge in [0, 0.05) is 24.4 Å². The Morgan fingerprint density at radius 1 is 1.07 bits per heavy atom. The molecule has 0 radical (unpaired) electrons. The first-order chi connectivity index (χ1) is 13.3. The van der Waals surface area contributed by atoms with Crippen molar-refractivity contribution >= 4 is 17.6 Å². The molecule has 1 unspecified atom stereocenters. The lowest BCUT2D eigenvalue weighted by Crippen LogP contribution is -2.53. The molecular weight excluding hydrogens is 382 g/mol. The van der Waals surface area contributed by atoms with Crippen LogP contribution in [0.15, 0.2) is 0 Å². The van der Waals surface area contributed by atoms with E-state index in [1.165, 1.54) is 7.11 Å². The maximum atomic E-state index is 12.2. The van der Waals surface area contributed by atoms with Gasteiger partial charge in [0.2, 0.25) is 0 Å². The van der Waals surface area contributed by atoms with E-state index in [4.69, 9.17) is 30.5 Å². The van der Waals surface area contributed by atoms with Crippen LogP contribution in [0.25, 0.3) is 0 Å². The summed E-state index contributed by atoms with van der Waals surface area (Å²) in [6, 6.07) is 1.03. The minimum Gasteiger partial charge on any atom is -0.465 e. The molecule has 1 N–H and O–H groups in total. The normalized spacial score (nSPS) is 29.5. The van der Waals surface area contributed by atoms with Crippen LogP contribution < -0.4 is 14.8 Å². The summed E-state index contributed by atoms with van der Waals surface area (Å²) < 4.78 is 22.8. The molecule has 0 spiro atoms. The molecule has 4 rings (SSSR count). The molecule has 2 aliphatic heterocycles. The van der Waals surface area contributed by atoms with Crippen molar-refractivity contribution in [2.75, 3.05) is 20.3 Å². The molecule has 154 valence electrons. The number of benzene rings is 1. The van der Waals surface area contributed by atoms with Gasteiger partial charge in [0.25, 0.3) is 5.79 Å². The van der Waals surface area contributed by atoms with Crippen molar-refractivity contribution in [3.05, 3.63) is 21.7 Å². The van der Waals surface area contributed by atoms with E-state index in [-0.39, 0.29) is 5.92 Å². The Balaban J connectivity index is 1.51. The molecule has 0 amide bonds. The Kier molecular flexibility index (Phi) is 5.23. The van der Waals surface area contributed by atoms with E-state index < -0.39 is 11.8 Å². The van der Waals surface area contributed by atoms with Crippen molar-refractivity contribution in [1.29, 1.82) is 0 Å². The van der Waals surface area contributed by atoms with Crippen molar-refractivity contribution < 1.29 is 23.7 Å². The minimum atomic E-state index is -0.775. The van der Waals surface area contributed by atoms with Crippen molar-refractivity contribution in [2.24, 2.45) is 5.92 Å². The van der Waals surface area contributed by atoms with Crippen LogP contribution in [0, 0.1) is 19.8 Å². The standard InChI is InChI=1S/C21H28ClNO5/c1-11-16(20(24)25-4)12(2)18-19(17(11)22)28-21(3,27-18)13-5-7-14(8-6-13)23-15-9-26-10-15/h13-15,23H,5-10H2,1-4H3. The number of nitrogens with one attached hydrogen (secondary N) is 1. The molecule has 1 aromatic rings. The van der Waals surface area contributed by atoms with Crippen LogP contribution in [-0.4, -0.2) is 44.2 Å². The Hall–Kier alpha value is -1.50. The Labute approximate surface area is 170 Å². The number of halogens is 1. The van der Waals surface area contributed by atoms with Crippen LogP contribution in [0.1, 0.15) is 54.1 Å². The van der Waals surface area contributed by atoms with Crippen molar-refractivity contribution in [3.63, 3.8) is 0 Å². The van der Waals surface area contributed by atoms with E-state index in [0.29, 0.717) is 45.3 Å². The number of carbonyl (C=O) groups excluding carboxylic acids is 1. The fourth-order valence-corrected chi connectivity index (χ4v) is 4.83. The molecule has 6 nitrogen and oxygen atoms in total. The second-order valence-corrected chi connectivity index (χ2v) is 8.64. The van der Waals surface area contributed by atoms with E-state index in [9.17, 15) is 4.79 Å². The Morgan fingerprint density at radius 2 is 1.71 bits per heavy atom. The van der Waals surface area contributed by atoms with E-state index in [0.717, 1.165) is 38.9 Å². The van der Waals surface area contributed by atoms with Gasteiger partial charge in [-0.05, 0) is 45.1 Å². The SMILES string of the molecule is COC(=O)c1c(C)c(Cl)c2c(c1C)OC(C)(C1CCC(NC3COC3)CC1)O2. The number of rotatable bonds is 4. The zero-order valence-corrected chi connectivity index (χ0v) is 17.6. The third kappa shape index (κ3) is 3.25. The number of ether oxygens (including phenoxy) is 4. The van der Waals surface area contributed by atoms with Gasteiger partial charge in [0.05, 0.1) is 37.0 Å². The first-order valence-corrected chi connectivity index (χ1v) is 10.3. The molecular formula is C21H28ClNO5. The zero-order chi connectivity index (χ0) is 20.1. The molecule has 1 saturated carbocycles. The molecule has 1 aliphatic carbocycles. The van der Waals surface area contributed by atoms with Crippen LogP contribution in [-0.2, 0) is 9.47 Å². The highest BCUT2D eigenvalue weighted by Gasteiger charge is 2.48. The quantitative estimate of drug-likeness (QED) is 0.763. The first kappa shape index (κ1) is 19.8. The number of carbonyl (C=O) groups is 1. The first-order valence-electron chi connectivity index (χ1n) is 9.96. The minimum absolute atomic E-state index is 0.257. The maximum Gasteiger partial charge on any atom is 0.338 e. The summed E-state index contributed by atoms with van der Waals surface area (Å²) in [6.45, 7) is 7.28. The summed E-state index contributed by atoms with van der Waals surface area (Å²) in [5, 5.41) is 4.09. The highest BCUT2D eigenvalue weighted by molar-refractivity contribution is 6.33. The van der Waals surface area contributed by atoms with Gasteiger partial charge in [-0.2, -0.15) is 0 Å². The van der Waals surface area contributed by atoms with Gasteiger partial charge in [-0.25, -0.2) is 4.79 Å². The van der Waals surface area contributed by atoms with Gasteiger partial charge in [0.1, 0.15) is 0 Å². The van der Waals surface area contributed by atoms with Crippen LogP contribution in [0.4, 0.5) is 0 Å². The van der Waals surface area contributed by atoms with E-state index in [2.05, 4.69) is 5.32 Å². The molecule has 0 bridgehead atoms. The topological polar surface area (TPSA) is 66.0 Å². The number of methoxy groups -OCH3 is 1. The second-order valence-electron chi connectivity index (χ2n) is 8.26. The number of hydrogen-bond donors (Lipinski definition) is 1. The molecule has 3 aliphatic rings. The van der Waals surface area contributed by atoms with Gasteiger partial charge < -0.3 is 24.3 Å². The van der Waals surface area contributed by atoms with E-state index in [1.54, 1.807) is 0 Å². The molecule has 0 aromatic heterocycles. The fraction of sp³-hybridized carbons (Fsp3) is 0.667. The molecule has 1 aromatic carbocycles. The predicted molar refractivity (Wildman–Crippen MR) is 105 cm³/mol. The predicted octanol–water partition coefficient (Wildman–Crippen LogP) is 3.78. The smallest absolute Gasteiger partial charge is 0.338 e. The number of esters is 1. The Morgan fingerprint density at radius 3 is 2.29 bits per heavy atom.